The van der Waals surface area contributed by atoms with Crippen molar-refractivity contribution in [3.05, 3.63) is 30.1 Å². The fourth-order valence-electron chi connectivity index (χ4n) is 2.57. The number of nitrogens with zero attached hydrogens (tertiary/aromatic N) is 2. The molecule has 2 N–H and O–H groups in total. The van der Waals surface area contributed by atoms with Crippen LogP contribution in [0.1, 0.15) is 32.4 Å². The Kier molecular flexibility index (Phi) is 5.99. The van der Waals surface area contributed by atoms with Gasteiger partial charge in [-0.25, -0.2) is 4.79 Å². The van der Waals surface area contributed by atoms with E-state index in [9.17, 15) is 4.79 Å². The Balaban J connectivity index is 1.64. The van der Waals surface area contributed by atoms with Gasteiger partial charge in [0.2, 0.25) is 0 Å². The summed E-state index contributed by atoms with van der Waals surface area (Å²) in [4.78, 5) is 18.4. The first-order valence-electron chi connectivity index (χ1n) is 7.81. The number of hydrogen-bond donors (Lipinski definition) is 2. The van der Waals surface area contributed by atoms with Crippen molar-refractivity contribution in [1.29, 1.82) is 0 Å². The highest BCUT2D eigenvalue weighted by molar-refractivity contribution is 5.73. The van der Waals surface area contributed by atoms with Gasteiger partial charge in [0.05, 0.1) is 12.2 Å². The Morgan fingerprint density at radius 3 is 2.81 bits per heavy atom. The van der Waals surface area contributed by atoms with Gasteiger partial charge in [0.15, 0.2) is 0 Å². The summed E-state index contributed by atoms with van der Waals surface area (Å²) in [5, 5.41) is 5.77. The summed E-state index contributed by atoms with van der Waals surface area (Å²) in [6.07, 6.45) is 4.25. The number of urea groups is 1. The molecule has 0 saturated carbocycles. The van der Waals surface area contributed by atoms with Crippen molar-refractivity contribution < 1.29 is 4.79 Å². The zero-order chi connectivity index (χ0) is 15.1. The molecule has 1 fully saturated rings. The Labute approximate surface area is 127 Å². The van der Waals surface area contributed by atoms with Crippen LogP contribution in [-0.2, 0) is 6.54 Å². The molecule has 5 nitrogen and oxygen atoms in total. The number of likely N-dealkylation sites (tertiary alicyclic amines) is 1. The molecule has 2 rings (SSSR count). The number of piperidine rings is 1. The molecule has 0 spiro atoms. The van der Waals surface area contributed by atoms with Gasteiger partial charge in [-0.05, 0) is 50.9 Å². The second-order valence-electron chi connectivity index (χ2n) is 5.95. The molecule has 1 atom stereocenters. The summed E-state index contributed by atoms with van der Waals surface area (Å²) < 4.78 is 0. The fraction of sp³-hybridized carbons (Fsp3) is 0.625. The van der Waals surface area contributed by atoms with E-state index in [1.807, 2.05) is 18.2 Å². The van der Waals surface area contributed by atoms with Crippen LogP contribution in [0.4, 0.5) is 4.79 Å². The van der Waals surface area contributed by atoms with Crippen LogP contribution in [0.5, 0.6) is 0 Å². The van der Waals surface area contributed by atoms with Crippen LogP contribution in [0, 0.1) is 5.92 Å². The zero-order valence-electron chi connectivity index (χ0n) is 13.0. The normalized spacial score (nSPS) is 18.2. The van der Waals surface area contributed by atoms with E-state index in [2.05, 4.69) is 34.4 Å². The van der Waals surface area contributed by atoms with Gasteiger partial charge in [-0.2, -0.15) is 0 Å². The van der Waals surface area contributed by atoms with Crippen LogP contribution in [-0.4, -0.2) is 41.6 Å². The van der Waals surface area contributed by atoms with Crippen molar-refractivity contribution in [1.82, 2.24) is 20.5 Å². The Bertz CT molecular complexity index is 429. The van der Waals surface area contributed by atoms with E-state index in [0.29, 0.717) is 19.1 Å². The molecule has 0 bridgehead atoms. The highest BCUT2D eigenvalue weighted by Crippen LogP contribution is 2.17. The molecular formula is C16H26N4O. The minimum atomic E-state index is -0.127. The molecule has 1 saturated heterocycles. The van der Waals surface area contributed by atoms with Gasteiger partial charge in [-0.3, -0.25) is 9.88 Å². The first kappa shape index (κ1) is 15.8. The van der Waals surface area contributed by atoms with Gasteiger partial charge in [-0.15, -0.1) is 0 Å². The van der Waals surface area contributed by atoms with E-state index >= 15 is 0 Å². The molecule has 0 aromatic carbocycles. The minimum Gasteiger partial charge on any atom is -0.337 e. The summed E-state index contributed by atoms with van der Waals surface area (Å²) in [5.41, 5.74) is 0.866. The number of pyridine rings is 1. The average Bonchev–Trinajstić information content (AvgIpc) is 2.52. The van der Waals surface area contributed by atoms with Crippen molar-refractivity contribution in [2.24, 2.45) is 5.92 Å². The lowest BCUT2D eigenvalue weighted by atomic mass is 9.98. The first-order chi connectivity index (χ1) is 10.1. The van der Waals surface area contributed by atoms with Crippen LogP contribution in [0.25, 0.3) is 0 Å². The molecule has 0 unspecified atom stereocenters. The number of carbonyl (C=O) groups excluding carboxylic acids is 1. The molecule has 116 valence electrons. The lowest BCUT2D eigenvalue weighted by molar-refractivity contribution is 0.145. The second-order valence-corrected chi connectivity index (χ2v) is 5.95. The molecule has 0 aliphatic carbocycles. The van der Waals surface area contributed by atoms with Crippen molar-refractivity contribution in [3.8, 4) is 0 Å². The number of aromatic nitrogens is 1. The Morgan fingerprint density at radius 2 is 2.14 bits per heavy atom. The van der Waals surface area contributed by atoms with Gasteiger partial charge in [-0.1, -0.05) is 13.0 Å². The van der Waals surface area contributed by atoms with E-state index < -0.39 is 0 Å². The summed E-state index contributed by atoms with van der Waals surface area (Å²) in [7, 11) is 0. The van der Waals surface area contributed by atoms with E-state index in [1.165, 1.54) is 12.8 Å². The van der Waals surface area contributed by atoms with Gasteiger partial charge in [0.25, 0.3) is 0 Å². The molecule has 1 aliphatic rings. The standard InChI is InChI=1S/C16H26N4O/c1-13-6-9-20(10-7-13)14(2)11-18-16(21)19-12-15-5-3-4-8-17-15/h3-5,8,13-14H,6-7,9-12H2,1-2H3,(H2,18,19,21)/t14-/m0/s1. The Hall–Kier alpha value is -1.62. The average molecular weight is 290 g/mol. The smallest absolute Gasteiger partial charge is 0.315 e. The minimum absolute atomic E-state index is 0.127. The van der Waals surface area contributed by atoms with Gasteiger partial charge in [0, 0.05) is 18.8 Å². The lowest BCUT2D eigenvalue weighted by Crippen LogP contribution is -2.47. The Morgan fingerprint density at radius 1 is 1.38 bits per heavy atom. The molecule has 1 aromatic heterocycles. The molecule has 5 heteroatoms. The summed E-state index contributed by atoms with van der Waals surface area (Å²) in [5.74, 6) is 0.836. The quantitative estimate of drug-likeness (QED) is 0.872. The molecule has 1 aliphatic heterocycles. The number of rotatable bonds is 5. The number of nitrogens with one attached hydrogen (secondary N) is 2. The highest BCUT2D eigenvalue weighted by Gasteiger charge is 2.20. The van der Waals surface area contributed by atoms with Crippen molar-refractivity contribution in [2.75, 3.05) is 19.6 Å². The lowest BCUT2D eigenvalue weighted by Gasteiger charge is -2.34. The maximum atomic E-state index is 11.8. The summed E-state index contributed by atoms with van der Waals surface area (Å²) in [6.45, 7) is 7.91. The van der Waals surface area contributed by atoms with E-state index in [4.69, 9.17) is 0 Å². The maximum absolute atomic E-state index is 11.8. The summed E-state index contributed by atoms with van der Waals surface area (Å²) in [6, 6.07) is 5.94. The molecule has 2 heterocycles. The number of hydrogen-bond acceptors (Lipinski definition) is 3. The van der Waals surface area contributed by atoms with Crippen molar-refractivity contribution in [2.45, 2.75) is 39.3 Å². The van der Waals surface area contributed by atoms with Crippen LogP contribution in [0.15, 0.2) is 24.4 Å². The van der Waals surface area contributed by atoms with Crippen LogP contribution >= 0.6 is 0 Å². The third-order valence-electron chi connectivity index (χ3n) is 4.16. The number of amides is 2. The van der Waals surface area contributed by atoms with Crippen molar-refractivity contribution >= 4 is 6.03 Å². The third-order valence-corrected chi connectivity index (χ3v) is 4.16. The number of carbonyl (C=O) groups is 1. The summed E-state index contributed by atoms with van der Waals surface area (Å²) >= 11 is 0. The topological polar surface area (TPSA) is 57.3 Å². The van der Waals surface area contributed by atoms with Crippen LogP contribution in [0.3, 0.4) is 0 Å². The van der Waals surface area contributed by atoms with Gasteiger partial charge in [0.1, 0.15) is 0 Å². The monoisotopic (exact) mass is 290 g/mol. The molecular weight excluding hydrogens is 264 g/mol. The van der Waals surface area contributed by atoms with E-state index in [-0.39, 0.29) is 6.03 Å². The second kappa shape index (κ2) is 7.98. The molecule has 1 aromatic rings. The maximum Gasteiger partial charge on any atom is 0.315 e. The predicted molar refractivity (Wildman–Crippen MR) is 83.9 cm³/mol. The predicted octanol–water partition coefficient (Wildman–Crippen LogP) is 2.00. The molecule has 0 radical (unpaired) electrons. The highest BCUT2D eigenvalue weighted by atomic mass is 16.2. The van der Waals surface area contributed by atoms with Crippen LogP contribution < -0.4 is 10.6 Å². The zero-order valence-corrected chi connectivity index (χ0v) is 13.0. The largest absolute Gasteiger partial charge is 0.337 e. The fourth-order valence-corrected chi connectivity index (χ4v) is 2.57. The molecule has 2 amide bonds. The van der Waals surface area contributed by atoms with Crippen molar-refractivity contribution in [3.63, 3.8) is 0 Å². The van der Waals surface area contributed by atoms with E-state index in [0.717, 1.165) is 24.7 Å². The molecule has 21 heavy (non-hydrogen) atoms. The first-order valence-corrected chi connectivity index (χ1v) is 7.81. The van der Waals surface area contributed by atoms with Gasteiger partial charge >= 0.3 is 6.03 Å². The van der Waals surface area contributed by atoms with Gasteiger partial charge < -0.3 is 10.6 Å². The SMILES string of the molecule is CC1CCN([C@@H](C)CNC(=O)NCc2ccccn2)CC1. The van der Waals surface area contributed by atoms with E-state index in [1.54, 1.807) is 6.20 Å². The third kappa shape index (κ3) is 5.34. The van der Waals surface area contributed by atoms with Crippen LogP contribution in [0.2, 0.25) is 0 Å².